The van der Waals surface area contributed by atoms with Crippen molar-refractivity contribution in [3.05, 3.63) is 58.3 Å². The lowest BCUT2D eigenvalue weighted by atomic mass is 9.93. The highest BCUT2D eigenvalue weighted by Crippen LogP contribution is 2.46. The number of nitrogens with one attached hydrogen (secondary N) is 1. The molecule has 3 aromatic rings. The molecule has 1 aromatic heterocycles. The number of phenolic OH excluding ortho intramolecular Hbond substituents is 1. The molecule has 8 heteroatoms. The maximum atomic E-state index is 13.3. The van der Waals surface area contributed by atoms with Crippen LogP contribution in [0.2, 0.25) is 0 Å². The molecule has 0 spiro atoms. The van der Waals surface area contributed by atoms with Crippen molar-refractivity contribution in [2.45, 2.75) is 40.2 Å². The first-order valence-electron chi connectivity index (χ1n) is 11.6. The van der Waals surface area contributed by atoms with E-state index in [1.807, 2.05) is 52.0 Å². The number of carbonyl (C=O) groups is 1. The Hall–Kier alpha value is -3.52. The quantitative estimate of drug-likeness (QED) is 0.439. The van der Waals surface area contributed by atoms with Gasteiger partial charge in [0.2, 0.25) is 0 Å². The molecule has 1 aliphatic rings. The van der Waals surface area contributed by atoms with Gasteiger partial charge in [0.15, 0.2) is 11.5 Å². The van der Waals surface area contributed by atoms with E-state index >= 15 is 0 Å². The standard InChI is InChI=1S/C26H31N3O5/c1-5-11-34-19-8-7-17(14-20(19)33-6-2)25-22-23(21-16(4)12-15(3)13-18(21)31)27-28-24(22)26(32)29(25)9-10-30/h7-8,12-14,25,30-31H,5-6,9-11H2,1-4H3,(H,27,28). The number of ether oxygens (including phenoxy) is 2. The predicted molar refractivity (Wildman–Crippen MR) is 129 cm³/mol. The van der Waals surface area contributed by atoms with Crippen LogP contribution in [0.1, 0.15) is 59.1 Å². The number of H-pyrrole nitrogens is 1. The van der Waals surface area contributed by atoms with Gasteiger partial charge in [-0.05, 0) is 62.1 Å². The number of rotatable bonds is 9. The van der Waals surface area contributed by atoms with Crippen molar-refractivity contribution in [3.8, 4) is 28.5 Å². The summed E-state index contributed by atoms with van der Waals surface area (Å²) in [6.45, 7) is 8.78. The van der Waals surface area contributed by atoms with Crippen molar-refractivity contribution < 1.29 is 24.5 Å². The van der Waals surface area contributed by atoms with E-state index in [1.165, 1.54) is 0 Å². The number of aliphatic hydroxyl groups is 1. The second-order valence-corrected chi connectivity index (χ2v) is 8.45. The zero-order valence-electron chi connectivity index (χ0n) is 20.0. The summed E-state index contributed by atoms with van der Waals surface area (Å²) in [4.78, 5) is 14.9. The van der Waals surface area contributed by atoms with Crippen LogP contribution in [0.25, 0.3) is 11.3 Å². The second-order valence-electron chi connectivity index (χ2n) is 8.45. The van der Waals surface area contributed by atoms with E-state index in [0.717, 1.165) is 23.1 Å². The Morgan fingerprint density at radius 1 is 1.12 bits per heavy atom. The van der Waals surface area contributed by atoms with Crippen molar-refractivity contribution in [1.82, 2.24) is 15.1 Å². The highest BCUT2D eigenvalue weighted by atomic mass is 16.5. The third-order valence-electron chi connectivity index (χ3n) is 5.95. The smallest absolute Gasteiger partial charge is 0.273 e. The fourth-order valence-electron chi connectivity index (χ4n) is 4.62. The molecule has 1 amide bonds. The van der Waals surface area contributed by atoms with Crippen LogP contribution in [0, 0.1) is 13.8 Å². The molecule has 34 heavy (non-hydrogen) atoms. The number of amides is 1. The fraction of sp³-hybridized carbons (Fsp3) is 0.385. The first kappa shape index (κ1) is 23.6. The van der Waals surface area contributed by atoms with Gasteiger partial charge >= 0.3 is 0 Å². The third-order valence-corrected chi connectivity index (χ3v) is 5.95. The number of aromatic amines is 1. The normalized spacial score (nSPS) is 15.0. The number of hydrogen-bond donors (Lipinski definition) is 3. The topological polar surface area (TPSA) is 108 Å². The molecule has 8 nitrogen and oxygen atoms in total. The summed E-state index contributed by atoms with van der Waals surface area (Å²) in [6.07, 6.45) is 0.871. The number of aliphatic hydroxyl groups excluding tert-OH is 1. The van der Waals surface area contributed by atoms with Crippen LogP contribution in [-0.2, 0) is 0 Å². The van der Waals surface area contributed by atoms with Gasteiger partial charge in [-0.3, -0.25) is 9.89 Å². The van der Waals surface area contributed by atoms with E-state index in [1.54, 1.807) is 11.0 Å². The van der Waals surface area contributed by atoms with Crippen LogP contribution < -0.4 is 9.47 Å². The van der Waals surface area contributed by atoms with Gasteiger partial charge < -0.3 is 24.6 Å². The molecule has 2 aromatic carbocycles. The van der Waals surface area contributed by atoms with E-state index in [2.05, 4.69) is 10.2 Å². The molecule has 1 unspecified atom stereocenters. The number of carbonyl (C=O) groups excluding carboxylic acids is 1. The zero-order valence-corrected chi connectivity index (χ0v) is 20.0. The number of phenols is 1. The minimum atomic E-state index is -0.511. The van der Waals surface area contributed by atoms with Gasteiger partial charge in [0, 0.05) is 17.7 Å². The van der Waals surface area contributed by atoms with Gasteiger partial charge in [-0.25, -0.2) is 0 Å². The molecular formula is C26H31N3O5. The summed E-state index contributed by atoms with van der Waals surface area (Å²) in [5.74, 6) is 1.10. The summed E-state index contributed by atoms with van der Waals surface area (Å²) in [5.41, 5.74) is 4.73. The van der Waals surface area contributed by atoms with Gasteiger partial charge in [0.05, 0.1) is 25.9 Å². The van der Waals surface area contributed by atoms with E-state index < -0.39 is 6.04 Å². The van der Waals surface area contributed by atoms with Crippen LogP contribution in [-0.4, -0.2) is 57.6 Å². The van der Waals surface area contributed by atoms with Gasteiger partial charge in [0.1, 0.15) is 17.1 Å². The molecule has 0 aliphatic carbocycles. The number of aromatic nitrogens is 2. The largest absolute Gasteiger partial charge is 0.507 e. The Balaban J connectivity index is 1.88. The molecule has 4 rings (SSSR count). The Labute approximate surface area is 199 Å². The van der Waals surface area contributed by atoms with Crippen molar-refractivity contribution in [3.63, 3.8) is 0 Å². The molecule has 0 saturated carbocycles. The maximum Gasteiger partial charge on any atom is 0.273 e. The monoisotopic (exact) mass is 465 g/mol. The summed E-state index contributed by atoms with van der Waals surface area (Å²) in [7, 11) is 0. The molecule has 180 valence electrons. The number of nitrogens with zero attached hydrogens (tertiary/aromatic N) is 2. The lowest BCUT2D eigenvalue weighted by Gasteiger charge is -2.26. The fourth-order valence-corrected chi connectivity index (χ4v) is 4.62. The van der Waals surface area contributed by atoms with E-state index in [9.17, 15) is 15.0 Å². The highest BCUT2D eigenvalue weighted by Gasteiger charge is 2.42. The van der Waals surface area contributed by atoms with Crippen molar-refractivity contribution >= 4 is 5.91 Å². The average Bonchev–Trinajstić information content (AvgIpc) is 3.32. The Morgan fingerprint density at radius 3 is 2.59 bits per heavy atom. The molecule has 3 N–H and O–H groups in total. The van der Waals surface area contributed by atoms with Gasteiger partial charge in [-0.1, -0.05) is 19.1 Å². The minimum Gasteiger partial charge on any atom is -0.507 e. The summed E-state index contributed by atoms with van der Waals surface area (Å²) in [6, 6.07) is 8.79. The van der Waals surface area contributed by atoms with Crippen LogP contribution in [0.4, 0.5) is 0 Å². The summed E-state index contributed by atoms with van der Waals surface area (Å²) < 4.78 is 11.7. The zero-order chi connectivity index (χ0) is 24.4. The number of hydrogen-bond acceptors (Lipinski definition) is 6. The Bertz CT molecular complexity index is 1180. The van der Waals surface area contributed by atoms with Crippen LogP contribution in [0.15, 0.2) is 30.3 Å². The first-order chi connectivity index (χ1) is 16.4. The molecule has 0 saturated heterocycles. The third kappa shape index (κ3) is 4.09. The number of fused-ring (bicyclic) bond motifs is 1. The van der Waals surface area contributed by atoms with Gasteiger partial charge in [-0.15, -0.1) is 0 Å². The highest BCUT2D eigenvalue weighted by molar-refractivity contribution is 6.00. The maximum absolute atomic E-state index is 13.3. The minimum absolute atomic E-state index is 0.108. The summed E-state index contributed by atoms with van der Waals surface area (Å²) in [5, 5.41) is 27.8. The van der Waals surface area contributed by atoms with Crippen LogP contribution in [0.5, 0.6) is 17.2 Å². The number of aryl methyl sites for hydroxylation is 2. The first-order valence-corrected chi connectivity index (χ1v) is 11.6. The van der Waals surface area contributed by atoms with E-state index in [0.29, 0.717) is 47.2 Å². The molecule has 0 bridgehead atoms. The van der Waals surface area contributed by atoms with Crippen molar-refractivity contribution in [2.75, 3.05) is 26.4 Å². The van der Waals surface area contributed by atoms with Gasteiger partial charge in [-0.2, -0.15) is 5.10 Å². The Kier molecular flexibility index (Phi) is 6.79. The van der Waals surface area contributed by atoms with Crippen LogP contribution >= 0.6 is 0 Å². The lowest BCUT2D eigenvalue weighted by molar-refractivity contribution is 0.0706. The number of benzene rings is 2. The molecule has 1 atom stereocenters. The molecule has 2 heterocycles. The molecule has 0 fully saturated rings. The van der Waals surface area contributed by atoms with E-state index in [4.69, 9.17) is 9.47 Å². The molecule has 0 radical (unpaired) electrons. The SMILES string of the molecule is CCCOc1ccc(C2c3c(-c4c(C)cc(C)cc4O)n[nH]c3C(=O)N2CCO)cc1OCC. The number of β-amino-alcohol motifs (C(OH)–C–C–N with tert-alkyl or cyclic N) is 1. The Morgan fingerprint density at radius 2 is 1.91 bits per heavy atom. The molecule has 1 aliphatic heterocycles. The van der Waals surface area contributed by atoms with Crippen LogP contribution in [0.3, 0.4) is 0 Å². The predicted octanol–water partition coefficient (Wildman–Crippen LogP) is 4.12. The van der Waals surface area contributed by atoms with Crippen molar-refractivity contribution in [2.24, 2.45) is 0 Å². The summed E-state index contributed by atoms with van der Waals surface area (Å²) >= 11 is 0. The second kappa shape index (κ2) is 9.77. The van der Waals surface area contributed by atoms with E-state index in [-0.39, 0.29) is 24.8 Å². The molecular weight excluding hydrogens is 434 g/mol. The van der Waals surface area contributed by atoms with Gasteiger partial charge in [0.25, 0.3) is 5.91 Å². The average molecular weight is 466 g/mol. The lowest BCUT2D eigenvalue weighted by Crippen LogP contribution is -2.32. The van der Waals surface area contributed by atoms with Crippen molar-refractivity contribution in [1.29, 1.82) is 0 Å². The number of aromatic hydroxyl groups is 1.